The largest absolute Gasteiger partial charge is 0.358 e. The number of likely N-dealkylation sites (tertiary alicyclic amines) is 1. The van der Waals surface area contributed by atoms with Crippen molar-refractivity contribution in [2.24, 2.45) is 4.99 Å². The Labute approximate surface area is 111 Å². The number of halogens is 1. The summed E-state index contributed by atoms with van der Waals surface area (Å²) < 4.78 is 0. The third-order valence-electron chi connectivity index (χ3n) is 3.36. The smallest absolute Gasteiger partial charge is 0.350 e. The molecular weight excluding hydrogens is 250 g/mol. The van der Waals surface area contributed by atoms with E-state index in [0.717, 1.165) is 24.6 Å². The first-order chi connectivity index (χ1) is 8.74. The number of carbonyl (C=O) groups excluding carboxylic acids is 1. The lowest BCUT2D eigenvalue weighted by Gasteiger charge is -2.19. The van der Waals surface area contributed by atoms with Crippen LogP contribution in [0, 0.1) is 0 Å². The standard InChI is InChI=1S/C13H14ClN3O/c14-10-3-5-11(6-4-10)17-9-12(15-13(17)18)16-7-1-2-8-16/h3-6H,1-2,7-9H2. The molecule has 0 aromatic heterocycles. The summed E-state index contributed by atoms with van der Waals surface area (Å²) in [6.45, 7) is 2.60. The van der Waals surface area contributed by atoms with E-state index in [4.69, 9.17) is 11.6 Å². The Bertz CT molecular complexity index is 491. The van der Waals surface area contributed by atoms with E-state index in [-0.39, 0.29) is 6.03 Å². The lowest BCUT2D eigenvalue weighted by atomic mass is 10.3. The van der Waals surface area contributed by atoms with Crippen molar-refractivity contribution >= 4 is 29.2 Å². The molecule has 0 aliphatic carbocycles. The Morgan fingerprint density at radius 3 is 2.44 bits per heavy atom. The van der Waals surface area contributed by atoms with Gasteiger partial charge in [0.25, 0.3) is 0 Å². The average molecular weight is 264 g/mol. The van der Waals surface area contributed by atoms with Crippen LogP contribution in [-0.2, 0) is 0 Å². The quantitative estimate of drug-likeness (QED) is 0.781. The van der Waals surface area contributed by atoms with E-state index in [2.05, 4.69) is 9.89 Å². The first-order valence-electron chi connectivity index (χ1n) is 6.13. The molecule has 1 saturated heterocycles. The molecule has 4 nitrogen and oxygen atoms in total. The van der Waals surface area contributed by atoms with E-state index in [1.807, 2.05) is 12.1 Å². The Kier molecular flexibility index (Phi) is 2.96. The maximum absolute atomic E-state index is 11.9. The molecule has 94 valence electrons. The van der Waals surface area contributed by atoms with E-state index in [9.17, 15) is 4.79 Å². The zero-order chi connectivity index (χ0) is 12.5. The summed E-state index contributed by atoms with van der Waals surface area (Å²) in [6, 6.07) is 7.10. The van der Waals surface area contributed by atoms with Gasteiger partial charge in [0.1, 0.15) is 5.84 Å². The summed E-state index contributed by atoms with van der Waals surface area (Å²) in [7, 11) is 0. The van der Waals surface area contributed by atoms with Crippen molar-refractivity contribution in [2.75, 3.05) is 24.5 Å². The molecule has 18 heavy (non-hydrogen) atoms. The molecule has 2 amide bonds. The van der Waals surface area contributed by atoms with Crippen LogP contribution >= 0.6 is 11.6 Å². The molecular formula is C13H14ClN3O. The molecule has 0 radical (unpaired) electrons. The van der Waals surface area contributed by atoms with Gasteiger partial charge in [0.2, 0.25) is 0 Å². The summed E-state index contributed by atoms with van der Waals surface area (Å²) >= 11 is 5.85. The van der Waals surface area contributed by atoms with Gasteiger partial charge in [-0.1, -0.05) is 11.6 Å². The van der Waals surface area contributed by atoms with Crippen LogP contribution in [0.2, 0.25) is 5.02 Å². The van der Waals surface area contributed by atoms with Gasteiger partial charge in [0.15, 0.2) is 0 Å². The second kappa shape index (κ2) is 4.61. The number of benzene rings is 1. The van der Waals surface area contributed by atoms with Gasteiger partial charge in [-0.2, -0.15) is 4.99 Å². The third-order valence-corrected chi connectivity index (χ3v) is 3.62. The van der Waals surface area contributed by atoms with Crippen molar-refractivity contribution in [1.29, 1.82) is 0 Å². The minimum Gasteiger partial charge on any atom is -0.358 e. The zero-order valence-electron chi connectivity index (χ0n) is 9.97. The van der Waals surface area contributed by atoms with Crippen LogP contribution in [0.3, 0.4) is 0 Å². The van der Waals surface area contributed by atoms with Gasteiger partial charge in [-0.3, -0.25) is 4.90 Å². The van der Waals surface area contributed by atoms with E-state index >= 15 is 0 Å². The van der Waals surface area contributed by atoms with Crippen LogP contribution < -0.4 is 4.90 Å². The molecule has 0 atom stereocenters. The van der Waals surface area contributed by atoms with E-state index < -0.39 is 0 Å². The van der Waals surface area contributed by atoms with Gasteiger partial charge in [-0.25, -0.2) is 4.79 Å². The van der Waals surface area contributed by atoms with E-state index in [1.165, 1.54) is 12.8 Å². The van der Waals surface area contributed by atoms with E-state index in [0.29, 0.717) is 11.6 Å². The number of hydrogen-bond acceptors (Lipinski definition) is 2. The van der Waals surface area contributed by atoms with Crippen LogP contribution in [0.15, 0.2) is 29.3 Å². The molecule has 0 saturated carbocycles. The monoisotopic (exact) mass is 263 g/mol. The van der Waals surface area contributed by atoms with Crippen LogP contribution in [0.25, 0.3) is 0 Å². The second-order valence-corrected chi connectivity index (χ2v) is 5.00. The Hall–Kier alpha value is -1.55. The van der Waals surface area contributed by atoms with Crippen LogP contribution in [0.4, 0.5) is 10.5 Å². The fraction of sp³-hybridized carbons (Fsp3) is 0.385. The summed E-state index contributed by atoms with van der Waals surface area (Å²) in [4.78, 5) is 19.9. The SMILES string of the molecule is O=C1N=C(N2CCCC2)CN1c1ccc(Cl)cc1. The van der Waals surface area contributed by atoms with Crippen LogP contribution in [0.1, 0.15) is 12.8 Å². The molecule has 1 aromatic carbocycles. The molecule has 1 fully saturated rings. The number of amidine groups is 1. The molecule has 0 unspecified atom stereocenters. The Morgan fingerprint density at radius 2 is 1.78 bits per heavy atom. The number of amides is 2. The van der Waals surface area contributed by atoms with Crippen molar-refractivity contribution < 1.29 is 4.79 Å². The van der Waals surface area contributed by atoms with Gasteiger partial charge in [-0.05, 0) is 37.1 Å². The minimum absolute atomic E-state index is 0.181. The number of aliphatic imine (C=N–C) groups is 1. The van der Waals surface area contributed by atoms with Gasteiger partial charge in [0, 0.05) is 23.8 Å². The molecule has 2 aliphatic rings. The van der Waals surface area contributed by atoms with Gasteiger partial charge in [0.05, 0.1) is 6.54 Å². The fourth-order valence-electron chi connectivity index (χ4n) is 2.38. The summed E-state index contributed by atoms with van der Waals surface area (Å²) in [5.74, 6) is 0.896. The highest BCUT2D eigenvalue weighted by Crippen LogP contribution is 2.23. The third kappa shape index (κ3) is 2.08. The molecule has 2 aliphatic heterocycles. The van der Waals surface area contributed by atoms with Crippen molar-refractivity contribution in [3.63, 3.8) is 0 Å². The van der Waals surface area contributed by atoms with Gasteiger partial charge < -0.3 is 4.90 Å². The minimum atomic E-state index is -0.181. The summed E-state index contributed by atoms with van der Waals surface area (Å²) in [5.41, 5.74) is 0.849. The number of rotatable bonds is 1. The average Bonchev–Trinajstić information content (AvgIpc) is 2.99. The van der Waals surface area contributed by atoms with E-state index in [1.54, 1.807) is 17.0 Å². The van der Waals surface area contributed by atoms with Crippen LogP contribution in [-0.4, -0.2) is 36.4 Å². The van der Waals surface area contributed by atoms with Crippen molar-refractivity contribution in [3.05, 3.63) is 29.3 Å². The predicted molar refractivity (Wildman–Crippen MR) is 72.4 cm³/mol. The van der Waals surface area contributed by atoms with Crippen LogP contribution in [0.5, 0.6) is 0 Å². The molecule has 1 aromatic rings. The highest BCUT2D eigenvalue weighted by Gasteiger charge is 2.29. The van der Waals surface area contributed by atoms with Gasteiger partial charge >= 0.3 is 6.03 Å². The topological polar surface area (TPSA) is 35.9 Å². The Balaban J connectivity index is 1.77. The molecule has 3 rings (SSSR count). The molecule has 0 N–H and O–H groups in total. The number of urea groups is 1. The number of nitrogens with zero attached hydrogens (tertiary/aromatic N) is 3. The first kappa shape index (κ1) is 11.5. The second-order valence-electron chi connectivity index (χ2n) is 4.57. The lowest BCUT2D eigenvalue weighted by molar-refractivity contribution is 0.256. The predicted octanol–water partition coefficient (Wildman–Crippen LogP) is 2.77. The highest BCUT2D eigenvalue weighted by molar-refractivity contribution is 6.30. The maximum atomic E-state index is 11.9. The fourth-order valence-corrected chi connectivity index (χ4v) is 2.51. The maximum Gasteiger partial charge on any atom is 0.350 e. The molecule has 0 bridgehead atoms. The van der Waals surface area contributed by atoms with Gasteiger partial charge in [-0.15, -0.1) is 0 Å². The highest BCUT2D eigenvalue weighted by atomic mass is 35.5. The molecule has 2 heterocycles. The lowest BCUT2D eigenvalue weighted by Crippen LogP contribution is -2.34. The first-order valence-corrected chi connectivity index (χ1v) is 6.51. The normalized spacial score (nSPS) is 19.6. The molecule has 0 spiro atoms. The number of anilines is 1. The summed E-state index contributed by atoms with van der Waals surface area (Å²) in [6.07, 6.45) is 2.38. The molecule has 5 heteroatoms. The van der Waals surface area contributed by atoms with Crippen molar-refractivity contribution in [3.8, 4) is 0 Å². The Morgan fingerprint density at radius 1 is 1.11 bits per heavy atom. The number of carbonyl (C=O) groups is 1. The van der Waals surface area contributed by atoms with Crippen molar-refractivity contribution in [2.45, 2.75) is 12.8 Å². The zero-order valence-corrected chi connectivity index (χ0v) is 10.7. The summed E-state index contributed by atoms with van der Waals surface area (Å²) in [5, 5.41) is 0.672. The van der Waals surface area contributed by atoms with Crippen molar-refractivity contribution in [1.82, 2.24) is 4.90 Å². The number of hydrogen-bond donors (Lipinski definition) is 0.